The Balaban J connectivity index is 1.58. The van der Waals surface area contributed by atoms with Gasteiger partial charge in [0.15, 0.2) is 0 Å². The lowest BCUT2D eigenvalue weighted by molar-refractivity contribution is -0.114. The van der Waals surface area contributed by atoms with Crippen molar-refractivity contribution in [3.05, 3.63) is 59.4 Å². The van der Waals surface area contributed by atoms with Crippen LogP contribution >= 0.6 is 0 Å². The number of hydrogen-bond acceptors (Lipinski definition) is 4. The number of carbonyl (C=O) groups excluding carboxylic acids is 2. The number of anilines is 2. The lowest BCUT2D eigenvalue weighted by Gasteiger charge is -2.08. The fraction of sp³-hybridized carbons (Fsp3) is 0.125. The first-order valence-electron chi connectivity index (χ1n) is 6.71. The number of halogens is 1. The fourth-order valence-electron chi connectivity index (χ4n) is 2.17. The predicted molar refractivity (Wildman–Crippen MR) is 79.1 cm³/mol. The molecule has 3 rings (SSSR count). The van der Waals surface area contributed by atoms with Crippen molar-refractivity contribution in [2.45, 2.75) is 6.61 Å². The third-order valence-electron chi connectivity index (χ3n) is 3.26. The van der Waals surface area contributed by atoms with Crippen LogP contribution in [-0.4, -0.2) is 18.4 Å². The van der Waals surface area contributed by atoms with E-state index in [1.54, 1.807) is 30.3 Å². The van der Waals surface area contributed by atoms with Crippen LogP contribution in [0.25, 0.3) is 0 Å². The van der Waals surface area contributed by atoms with E-state index < -0.39 is 0 Å². The van der Waals surface area contributed by atoms with Crippen LogP contribution < -0.4 is 10.6 Å². The quantitative estimate of drug-likeness (QED) is 0.852. The lowest BCUT2D eigenvalue weighted by atomic mass is 10.1. The second-order valence-electron chi connectivity index (χ2n) is 4.86. The van der Waals surface area contributed by atoms with E-state index in [0.29, 0.717) is 16.9 Å². The number of fused-ring (bicyclic) bond motifs is 1. The van der Waals surface area contributed by atoms with Gasteiger partial charge in [0.05, 0.1) is 12.1 Å². The van der Waals surface area contributed by atoms with E-state index >= 15 is 0 Å². The van der Waals surface area contributed by atoms with Gasteiger partial charge in [-0.15, -0.1) is 0 Å². The van der Waals surface area contributed by atoms with Gasteiger partial charge in [-0.25, -0.2) is 9.18 Å². The monoisotopic (exact) mass is 300 g/mol. The summed E-state index contributed by atoms with van der Waals surface area (Å²) in [4.78, 5) is 23.2. The summed E-state index contributed by atoms with van der Waals surface area (Å²) >= 11 is 0. The van der Waals surface area contributed by atoms with Gasteiger partial charge in [-0.3, -0.25) is 4.79 Å². The maximum Gasteiger partial charge on any atom is 0.338 e. The van der Waals surface area contributed by atoms with Crippen molar-refractivity contribution in [3.8, 4) is 0 Å². The molecule has 0 fully saturated rings. The van der Waals surface area contributed by atoms with Gasteiger partial charge in [-0.2, -0.15) is 0 Å². The molecular formula is C16H13FN2O3. The molecule has 112 valence electrons. The molecule has 0 bridgehead atoms. The third-order valence-corrected chi connectivity index (χ3v) is 3.26. The molecule has 1 aliphatic rings. The normalized spacial score (nSPS) is 12.5. The Labute approximate surface area is 126 Å². The number of rotatable bonds is 4. The molecule has 2 aromatic rings. The molecule has 0 unspecified atom stereocenters. The largest absolute Gasteiger partial charge is 0.457 e. The average Bonchev–Trinajstić information content (AvgIpc) is 2.88. The van der Waals surface area contributed by atoms with Crippen molar-refractivity contribution >= 4 is 23.3 Å². The first-order valence-corrected chi connectivity index (χ1v) is 6.71. The summed E-state index contributed by atoms with van der Waals surface area (Å²) in [5, 5.41) is 5.62. The number of carbonyl (C=O) groups is 2. The van der Waals surface area contributed by atoms with E-state index in [0.717, 1.165) is 5.56 Å². The molecule has 0 spiro atoms. The summed E-state index contributed by atoms with van der Waals surface area (Å²) in [6.07, 6.45) is 0. The van der Waals surface area contributed by atoms with E-state index in [9.17, 15) is 14.0 Å². The average molecular weight is 300 g/mol. The summed E-state index contributed by atoms with van der Waals surface area (Å²) < 4.78 is 17.7. The summed E-state index contributed by atoms with van der Waals surface area (Å²) in [6, 6.07) is 10.8. The van der Waals surface area contributed by atoms with Gasteiger partial charge in [0, 0.05) is 16.9 Å². The van der Waals surface area contributed by atoms with Gasteiger partial charge in [0.25, 0.3) is 0 Å². The Kier molecular flexibility index (Phi) is 3.74. The highest BCUT2D eigenvalue weighted by molar-refractivity contribution is 5.96. The molecular weight excluding hydrogens is 287 g/mol. The topological polar surface area (TPSA) is 67.4 Å². The zero-order chi connectivity index (χ0) is 15.5. The van der Waals surface area contributed by atoms with Crippen molar-refractivity contribution in [2.75, 3.05) is 17.2 Å². The summed E-state index contributed by atoms with van der Waals surface area (Å²) in [6.45, 7) is 0.282. The highest BCUT2D eigenvalue weighted by atomic mass is 19.1. The second-order valence-corrected chi connectivity index (χ2v) is 4.86. The van der Waals surface area contributed by atoms with E-state index in [4.69, 9.17) is 4.74 Å². The first kappa shape index (κ1) is 14.1. The molecule has 2 N–H and O–H groups in total. The molecule has 0 aromatic heterocycles. The SMILES string of the molecule is O=C(CNc1ccc(F)cc1)Nc1ccc2c(c1)COC2=O. The van der Waals surface area contributed by atoms with Gasteiger partial charge in [0.2, 0.25) is 5.91 Å². The number of hydrogen-bond donors (Lipinski definition) is 2. The van der Waals surface area contributed by atoms with Crippen LogP contribution in [0.5, 0.6) is 0 Å². The van der Waals surface area contributed by atoms with Crippen LogP contribution in [0, 0.1) is 5.82 Å². The molecule has 0 radical (unpaired) electrons. The summed E-state index contributed by atoms with van der Waals surface area (Å²) in [7, 11) is 0. The molecule has 0 aliphatic carbocycles. The Hall–Kier alpha value is -2.89. The van der Waals surface area contributed by atoms with Gasteiger partial charge in [-0.05, 0) is 42.5 Å². The summed E-state index contributed by atoms with van der Waals surface area (Å²) in [5.41, 5.74) is 2.55. The maximum absolute atomic E-state index is 12.8. The zero-order valence-corrected chi connectivity index (χ0v) is 11.6. The fourth-order valence-corrected chi connectivity index (χ4v) is 2.17. The van der Waals surface area contributed by atoms with Gasteiger partial charge in [-0.1, -0.05) is 0 Å². The van der Waals surface area contributed by atoms with Crippen molar-refractivity contribution in [3.63, 3.8) is 0 Å². The highest BCUT2D eigenvalue weighted by Crippen LogP contribution is 2.23. The van der Waals surface area contributed by atoms with Crippen LogP contribution in [-0.2, 0) is 16.1 Å². The zero-order valence-electron chi connectivity index (χ0n) is 11.6. The van der Waals surface area contributed by atoms with E-state index in [1.807, 2.05) is 0 Å². The molecule has 2 aromatic carbocycles. The number of cyclic esters (lactones) is 1. The number of ether oxygens (including phenoxy) is 1. The molecule has 1 heterocycles. The van der Waals surface area contributed by atoms with E-state index in [1.165, 1.54) is 12.1 Å². The predicted octanol–water partition coefficient (Wildman–Crippen LogP) is 2.55. The number of amides is 1. The van der Waals surface area contributed by atoms with Crippen molar-refractivity contribution in [2.24, 2.45) is 0 Å². The van der Waals surface area contributed by atoms with Crippen LogP contribution in [0.2, 0.25) is 0 Å². The molecule has 0 saturated heterocycles. The lowest BCUT2D eigenvalue weighted by Crippen LogP contribution is -2.21. The Bertz CT molecular complexity index is 729. The maximum atomic E-state index is 12.8. The molecule has 6 heteroatoms. The number of esters is 1. The minimum atomic E-state index is -0.342. The standard InChI is InChI=1S/C16H13FN2O3/c17-11-1-3-12(4-2-11)18-8-15(20)19-13-5-6-14-10(7-13)9-22-16(14)21/h1-7,18H,8-9H2,(H,19,20). The van der Waals surface area contributed by atoms with Gasteiger partial charge < -0.3 is 15.4 Å². The Morgan fingerprint density at radius 3 is 2.64 bits per heavy atom. The van der Waals surface area contributed by atoms with Crippen LogP contribution in [0.3, 0.4) is 0 Å². The Morgan fingerprint density at radius 1 is 1.14 bits per heavy atom. The second kappa shape index (κ2) is 5.85. The van der Waals surface area contributed by atoms with Crippen LogP contribution in [0.15, 0.2) is 42.5 Å². The molecule has 5 nitrogen and oxygen atoms in total. The van der Waals surface area contributed by atoms with Crippen molar-refractivity contribution in [1.29, 1.82) is 0 Å². The first-order chi connectivity index (χ1) is 10.6. The number of benzene rings is 2. The molecule has 1 amide bonds. The summed E-state index contributed by atoms with van der Waals surface area (Å²) in [5.74, 6) is -0.912. The molecule has 0 saturated carbocycles. The molecule has 0 atom stereocenters. The highest BCUT2D eigenvalue weighted by Gasteiger charge is 2.21. The molecule has 22 heavy (non-hydrogen) atoms. The molecule has 1 aliphatic heterocycles. The minimum absolute atomic E-state index is 0.0537. The Morgan fingerprint density at radius 2 is 1.86 bits per heavy atom. The minimum Gasteiger partial charge on any atom is -0.457 e. The third kappa shape index (κ3) is 3.06. The van der Waals surface area contributed by atoms with Gasteiger partial charge >= 0.3 is 5.97 Å². The smallest absolute Gasteiger partial charge is 0.338 e. The van der Waals surface area contributed by atoms with Gasteiger partial charge in [0.1, 0.15) is 12.4 Å². The van der Waals surface area contributed by atoms with Crippen LogP contribution in [0.4, 0.5) is 15.8 Å². The van der Waals surface area contributed by atoms with Crippen LogP contribution in [0.1, 0.15) is 15.9 Å². The van der Waals surface area contributed by atoms with Crippen molar-refractivity contribution in [1.82, 2.24) is 0 Å². The number of nitrogens with one attached hydrogen (secondary N) is 2. The van der Waals surface area contributed by atoms with E-state index in [-0.39, 0.29) is 30.8 Å². The van der Waals surface area contributed by atoms with Crippen molar-refractivity contribution < 1.29 is 18.7 Å². The van der Waals surface area contributed by atoms with E-state index in [2.05, 4.69) is 10.6 Å².